The summed E-state index contributed by atoms with van der Waals surface area (Å²) in [4.78, 5) is 17.1. The molecule has 130 valence electrons. The highest BCUT2D eigenvalue weighted by Crippen LogP contribution is 2.23. The van der Waals surface area contributed by atoms with Crippen LogP contribution in [0.5, 0.6) is 11.5 Å². The lowest BCUT2D eigenvalue weighted by Crippen LogP contribution is -2.14. The highest BCUT2D eigenvalue weighted by atomic mass is 16.5. The van der Waals surface area contributed by atoms with Gasteiger partial charge in [0.05, 0.1) is 23.9 Å². The van der Waals surface area contributed by atoms with Crippen molar-refractivity contribution < 1.29 is 14.3 Å². The molecule has 6 nitrogen and oxygen atoms in total. The first-order chi connectivity index (χ1) is 12.6. The molecule has 2 aromatic carbocycles. The van der Waals surface area contributed by atoms with E-state index in [1.54, 1.807) is 44.4 Å². The van der Waals surface area contributed by atoms with Crippen molar-refractivity contribution in [3.63, 3.8) is 0 Å². The lowest BCUT2D eigenvalue weighted by Gasteiger charge is -2.10. The van der Waals surface area contributed by atoms with Crippen LogP contribution in [0.1, 0.15) is 16.1 Å². The molecule has 1 N–H and O–H groups in total. The standard InChI is InChI=1S/C20H17N3O3/c1-13-18(12-14-11-17(25-2)7-8-19(14)22-13)20(24)23-15-3-5-16(6-4-15)26-10-9-21/h3-8,11-12H,10H2,1-2H3,(H,23,24). The molecule has 1 heterocycles. The molecule has 0 unspecified atom stereocenters. The molecule has 0 saturated heterocycles. The number of carbonyl (C=O) groups excluding carboxylic acids is 1. The van der Waals surface area contributed by atoms with Gasteiger partial charge in [-0.15, -0.1) is 0 Å². The number of rotatable bonds is 5. The van der Waals surface area contributed by atoms with Crippen LogP contribution in [-0.4, -0.2) is 24.6 Å². The average Bonchev–Trinajstić information content (AvgIpc) is 2.66. The van der Waals surface area contributed by atoms with Crippen LogP contribution in [0.15, 0.2) is 48.5 Å². The molecule has 0 spiro atoms. The van der Waals surface area contributed by atoms with Crippen LogP contribution in [0.3, 0.4) is 0 Å². The number of nitrogens with zero attached hydrogens (tertiary/aromatic N) is 2. The topological polar surface area (TPSA) is 84.2 Å². The molecule has 26 heavy (non-hydrogen) atoms. The van der Waals surface area contributed by atoms with E-state index in [-0.39, 0.29) is 12.5 Å². The van der Waals surface area contributed by atoms with Gasteiger partial charge in [0.25, 0.3) is 5.91 Å². The van der Waals surface area contributed by atoms with Crippen molar-refractivity contribution in [1.82, 2.24) is 4.98 Å². The van der Waals surface area contributed by atoms with Gasteiger partial charge in [-0.1, -0.05) is 0 Å². The molecule has 0 saturated carbocycles. The van der Waals surface area contributed by atoms with Crippen molar-refractivity contribution in [1.29, 1.82) is 5.26 Å². The van der Waals surface area contributed by atoms with Crippen LogP contribution in [0.2, 0.25) is 0 Å². The summed E-state index contributed by atoms with van der Waals surface area (Å²) >= 11 is 0. The number of aromatic nitrogens is 1. The van der Waals surface area contributed by atoms with E-state index in [4.69, 9.17) is 14.7 Å². The fourth-order valence-corrected chi connectivity index (χ4v) is 2.56. The number of hydrogen-bond acceptors (Lipinski definition) is 5. The lowest BCUT2D eigenvalue weighted by atomic mass is 10.1. The molecule has 1 amide bonds. The molecule has 0 aliphatic rings. The van der Waals surface area contributed by atoms with Crippen molar-refractivity contribution in [2.45, 2.75) is 6.92 Å². The van der Waals surface area contributed by atoms with Gasteiger partial charge in [0.1, 0.15) is 17.6 Å². The van der Waals surface area contributed by atoms with E-state index in [2.05, 4.69) is 10.3 Å². The van der Waals surface area contributed by atoms with E-state index in [1.807, 2.05) is 24.3 Å². The van der Waals surface area contributed by atoms with Crippen molar-refractivity contribution in [3.05, 3.63) is 59.8 Å². The molecule has 1 aromatic heterocycles. The molecule has 3 aromatic rings. The summed E-state index contributed by atoms with van der Waals surface area (Å²) in [6.45, 7) is 1.79. The Balaban J connectivity index is 1.82. The minimum atomic E-state index is -0.245. The zero-order valence-corrected chi connectivity index (χ0v) is 14.4. The average molecular weight is 347 g/mol. The molecule has 3 rings (SSSR count). The van der Waals surface area contributed by atoms with Crippen molar-refractivity contribution >= 4 is 22.5 Å². The van der Waals surface area contributed by atoms with Gasteiger partial charge in [-0.25, -0.2) is 0 Å². The second-order valence-corrected chi connectivity index (χ2v) is 5.61. The number of hydrogen-bond donors (Lipinski definition) is 1. The van der Waals surface area contributed by atoms with E-state index in [9.17, 15) is 4.79 Å². The summed E-state index contributed by atoms with van der Waals surface area (Å²) in [6, 6.07) is 16.1. The third-order valence-corrected chi connectivity index (χ3v) is 3.87. The SMILES string of the molecule is COc1ccc2nc(C)c(C(=O)Nc3ccc(OCC#N)cc3)cc2c1. The predicted octanol–water partition coefficient (Wildman–Crippen LogP) is 3.71. The molecule has 0 radical (unpaired) electrons. The van der Waals surface area contributed by atoms with E-state index in [0.717, 1.165) is 10.9 Å². The van der Waals surface area contributed by atoms with Crippen LogP contribution in [0.25, 0.3) is 10.9 Å². The number of carbonyl (C=O) groups is 1. The number of aryl methyl sites for hydroxylation is 1. The normalized spacial score (nSPS) is 10.2. The molecular weight excluding hydrogens is 330 g/mol. The Bertz CT molecular complexity index is 992. The zero-order valence-electron chi connectivity index (χ0n) is 14.4. The highest BCUT2D eigenvalue weighted by molar-refractivity contribution is 6.06. The molecule has 0 atom stereocenters. The van der Waals surface area contributed by atoms with E-state index < -0.39 is 0 Å². The Morgan fingerprint density at radius 1 is 1.15 bits per heavy atom. The number of methoxy groups -OCH3 is 1. The Morgan fingerprint density at radius 2 is 1.88 bits per heavy atom. The third-order valence-electron chi connectivity index (χ3n) is 3.87. The number of nitrogens with one attached hydrogen (secondary N) is 1. The second kappa shape index (κ2) is 7.53. The van der Waals surface area contributed by atoms with Gasteiger partial charge in [0, 0.05) is 11.1 Å². The number of amides is 1. The summed E-state index contributed by atoms with van der Waals surface area (Å²) in [5, 5.41) is 12.2. The van der Waals surface area contributed by atoms with E-state index >= 15 is 0 Å². The van der Waals surface area contributed by atoms with Gasteiger partial charge in [0.15, 0.2) is 6.61 Å². The smallest absolute Gasteiger partial charge is 0.257 e. The maximum atomic E-state index is 12.6. The summed E-state index contributed by atoms with van der Waals surface area (Å²) < 4.78 is 10.4. The Hall–Kier alpha value is -3.59. The summed E-state index contributed by atoms with van der Waals surface area (Å²) in [6.07, 6.45) is 0. The fourth-order valence-electron chi connectivity index (χ4n) is 2.56. The van der Waals surface area contributed by atoms with Crippen molar-refractivity contribution in [2.75, 3.05) is 19.0 Å². The van der Waals surface area contributed by atoms with E-state index in [1.165, 1.54) is 0 Å². The zero-order chi connectivity index (χ0) is 18.5. The Kier molecular flexibility index (Phi) is 4.99. The number of anilines is 1. The fraction of sp³-hybridized carbons (Fsp3) is 0.150. The van der Waals surface area contributed by atoms with Crippen molar-refractivity contribution in [2.24, 2.45) is 0 Å². The highest BCUT2D eigenvalue weighted by Gasteiger charge is 2.12. The van der Waals surface area contributed by atoms with Gasteiger partial charge in [-0.3, -0.25) is 9.78 Å². The number of ether oxygens (including phenoxy) is 2. The molecule has 6 heteroatoms. The second-order valence-electron chi connectivity index (χ2n) is 5.61. The van der Waals surface area contributed by atoms with Gasteiger partial charge >= 0.3 is 0 Å². The number of benzene rings is 2. The molecule has 0 fully saturated rings. The minimum Gasteiger partial charge on any atom is -0.497 e. The van der Waals surface area contributed by atoms with Gasteiger partial charge in [-0.05, 0) is 55.5 Å². The number of pyridine rings is 1. The van der Waals surface area contributed by atoms with Crippen LogP contribution in [0.4, 0.5) is 5.69 Å². The van der Waals surface area contributed by atoms with E-state index in [0.29, 0.717) is 28.4 Å². The lowest BCUT2D eigenvalue weighted by molar-refractivity contribution is 0.102. The first-order valence-corrected chi connectivity index (χ1v) is 7.97. The molecular formula is C20H17N3O3. The summed E-state index contributed by atoms with van der Waals surface area (Å²) in [7, 11) is 1.60. The van der Waals surface area contributed by atoms with Crippen molar-refractivity contribution in [3.8, 4) is 17.6 Å². The summed E-state index contributed by atoms with van der Waals surface area (Å²) in [5.41, 5.74) is 2.58. The minimum absolute atomic E-state index is 0.0167. The Labute approximate surface area is 151 Å². The predicted molar refractivity (Wildman–Crippen MR) is 98.5 cm³/mol. The summed E-state index contributed by atoms with van der Waals surface area (Å²) in [5.74, 6) is 1.04. The first-order valence-electron chi connectivity index (χ1n) is 7.97. The molecule has 0 aliphatic heterocycles. The molecule has 0 bridgehead atoms. The quantitative estimate of drug-likeness (QED) is 0.760. The van der Waals surface area contributed by atoms with Gasteiger partial charge < -0.3 is 14.8 Å². The van der Waals surface area contributed by atoms with Crippen LogP contribution in [-0.2, 0) is 0 Å². The molecule has 0 aliphatic carbocycles. The van der Waals surface area contributed by atoms with Gasteiger partial charge in [0.2, 0.25) is 0 Å². The first kappa shape index (κ1) is 17.2. The third kappa shape index (κ3) is 3.73. The Morgan fingerprint density at radius 3 is 2.58 bits per heavy atom. The monoisotopic (exact) mass is 347 g/mol. The maximum absolute atomic E-state index is 12.6. The van der Waals surface area contributed by atoms with Crippen LogP contribution < -0.4 is 14.8 Å². The number of nitriles is 1. The van der Waals surface area contributed by atoms with Crippen LogP contribution in [0, 0.1) is 18.3 Å². The maximum Gasteiger partial charge on any atom is 0.257 e. The van der Waals surface area contributed by atoms with Crippen LogP contribution >= 0.6 is 0 Å². The van der Waals surface area contributed by atoms with Gasteiger partial charge in [-0.2, -0.15) is 5.26 Å². The number of fused-ring (bicyclic) bond motifs is 1. The largest absolute Gasteiger partial charge is 0.497 e.